The molecule has 0 radical (unpaired) electrons. The highest BCUT2D eigenvalue weighted by Gasteiger charge is 2.21. The Hall–Kier alpha value is -2.30. The van der Waals surface area contributed by atoms with Crippen molar-refractivity contribution in [2.75, 3.05) is 7.11 Å². The number of hydrogen-bond acceptors (Lipinski definition) is 5. The van der Waals surface area contributed by atoms with E-state index in [0.717, 1.165) is 5.56 Å². The largest absolute Gasteiger partial charge is 0.493 e. The van der Waals surface area contributed by atoms with E-state index in [1.54, 1.807) is 20.1 Å². The Labute approximate surface area is 117 Å². The molecule has 1 heterocycles. The van der Waals surface area contributed by atoms with Crippen molar-refractivity contribution in [3.05, 3.63) is 29.3 Å². The van der Waals surface area contributed by atoms with Crippen molar-refractivity contribution in [2.24, 2.45) is 5.16 Å². The Morgan fingerprint density at radius 3 is 2.60 bits per heavy atom. The van der Waals surface area contributed by atoms with Gasteiger partial charge in [0.1, 0.15) is 0 Å². The second kappa shape index (κ2) is 5.77. The van der Waals surface area contributed by atoms with E-state index in [0.29, 0.717) is 22.8 Å². The standard InChI is InChI=1S/C15H17NO4/c1-9(2)19-13-6-5-11(8-14(13)18-4)7-12-10(3)16-20-15(12)17/h5-9H,1-4H3/b12-7-. The number of benzene rings is 1. The lowest BCUT2D eigenvalue weighted by molar-refractivity contribution is -0.136. The van der Waals surface area contributed by atoms with Gasteiger partial charge in [0.05, 0.1) is 24.5 Å². The molecule has 0 amide bonds. The Kier molecular flexibility index (Phi) is 4.08. The first kappa shape index (κ1) is 14.1. The van der Waals surface area contributed by atoms with E-state index in [9.17, 15) is 4.79 Å². The summed E-state index contributed by atoms with van der Waals surface area (Å²) in [6, 6.07) is 5.48. The molecular weight excluding hydrogens is 258 g/mol. The average molecular weight is 275 g/mol. The first-order valence-corrected chi connectivity index (χ1v) is 6.34. The fourth-order valence-corrected chi connectivity index (χ4v) is 1.81. The average Bonchev–Trinajstić information content (AvgIpc) is 2.71. The second-order valence-electron chi connectivity index (χ2n) is 4.69. The maximum Gasteiger partial charge on any atom is 0.367 e. The molecule has 5 nitrogen and oxygen atoms in total. The number of nitrogens with zero attached hydrogens (tertiary/aromatic N) is 1. The summed E-state index contributed by atoms with van der Waals surface area (Å²) in [5, 5.41) is 3.64. The van der Waals surface area contributed by atoms with Crippen LogP contribution in [0.3, 0.4) is 0 Å². The van der Waals surface area contributed by atoms with Gasteiger partial charge in [-0.2, -0.15) is 0 Å². The van der Waals surface area contributed by atoms with Crippen LogP contribution in [0.25, 0.3) is 6.08 Å². The van der Waals surface area contributed by atoms with Crippen LogP contribution in [-0.2, 0) is 9.63 Å². The highest BCUT2D eigenvalue weighted by atomic mass is 16.7. The molecule has 0 saturated carbocycles. The molecule has 106 valence electrons. The van der Waals surface area contributed by atoms with Crippen LogP contribution >= 0.6 is 0 Å². The van der Waals surface area contributed by atoms with Crippen molar-refractivity contribution in [1.29, 1.82) is 0 Å². The molecule has 0 atom stereocenters. The lowest BCUT2D eigenvalue weighted by Gasteiger charge is -2.13. The minimum absolute atomic E-state index is 0.0623. The molecule has 1 aliphatic heterocycles. The van der Waals surface area contributed by atoms with Crippen molar-refractivity contribution in [3.8, 4) is 11.5 Å². The summed E-state index contributed by atoms with van der Waals surface area (Å²) in [7, 11) is 1.58. The van der Waals surface area contributed by atoms with E-state index in [-0.39, 0.29) is 6.10 Å². The van der Waals surface area contributed by atoms with Crippen LogP contribution in [0.1, 0.15) is 26.3 Å². The molecule has 1 aromatic carbocycles. The molecule has 0 bridgehead atoms. The van der Waals surface area contributed by atoms with Crippen molar-refractivity contribution < 1.29 is 19.1 Å². The Balaban J connectivity index is 2.33. The fourth-order valence-electron chi connectivity index (χ4n) is 1.81. The molecule has 0 fully saturated rings. The van der Waals surface area contributed by atoms with Crippen LogP contribution in [0.5, 0.6) is 11.5 Å². The van der Waals surface area contributed by atoms with E-state index in [1.807, 2.05) is 32.0 Å². The first-order chi connectivity index (χ1) is 9.51. The van der Waals surface area contributed by atoms with Crippen LogP contribution in [-0.4, -0.2) is 24.9 Å². The highest BCUT2D eigenvalue weighted by molar-refractivity contribution is 6.24. The molecule has 0 saturated heterocycles. The summed E-state index contributed by atoms with van der Waals surface area (Å²) in [6.07, 6.45) is 1.78. The zero-order valence-corrected chi connectivity index (χ0v) is 12.0. The molecule has 2 rings (SSSR count). The first-order valence-electron chi connectivity index (χ1n) is 6.34. The third-order valence-electron chi connectivity index (χ3n) is 2.74. The number of rotatable bonds is 4. The highest BCUT2D eigenvalue weighted by Crippen LogP contribution is 2.30. The van der Waals surface area contributed by atoms with Gasteiger partial charge < -0.3 is 14.3 Å². The third-order valence-corrected chi connectivity index (χ3v) is 2.74. The van der Waals surface area contributed by atoms with Gasteiger partial charge >= 0.3 is 5.97 Å². The van der Waals surface area contributed by atoms with E-state index >= 15 is 0 Å². The number of ether oxygens (including phenoxy) is 2. The van der Waals surface area contributed by atoms with Gasteiger partial charge in [-0.15, -0.1) is 0 Å². The topological polar surface area (TPSA) is 57.1 Å². The summed E-state index contributed by atoms with van der Waals surface area (Å²) in [4.78, 5) is 16.1. The predicted molar refractivity (Wildman–Crippen MR) is 75.9 cm³/mol. The van der Waals surface area contributed by atoms with Crippen molar-refractivity contribution in [3.63, 3.8) is 0 Å². The van der Waals surface area contributed by atoms with E-state index in [4.69, 9.17) is 9.47 Å². The summed E-state index contributed by atoms with van der Waals surface area (Å²) in [5.74, 6) is 0.849. The quantitative estimate of drug-likeness (QED) is 0.626. The van der Waals surface area contributed by atoms with Gasteiger partial charge in [-0.1, -0.05) is 11.2 Å². The monoisotopic (exact) mass is 275 g/mol. The molecule has 1 aliphatic rings. The maximum absolute atomic E-state index is 11.5. The zero-order chi connectivity index (χ0) is 14.7. The smallest absolute Gasteiger partial charge is 0.367 e. The van der Waals surface area contributed by atoms with E-state index < -0.39 is 5.97 Å². The van der Waals surface area contributed by atoms with Crippen LogP contribution in [0.4, 0.5) is 0 Å². The number of oxime groups is 1. The van der Waals surface area contributed by atoms with Crippen LogP contribution in [0.2, 0.25) is 0 Å². The molecule has 1 aromatic rings. The van der Waals surface area contributed by atoms with Gasteiger partial charge in [0.15, 0.2) is 11.5 Å². The molecule has 0 spiro atoms. The van der Waals surface area contributed by atoms with Crippen LogP contribution in [0, 0.1) is 0 Å². The van der Waals surface area contributed by atoms with Gasteiger partial charge in [-0.3, -0.25) is 0 Å². The zero-order valence-electron chi connectivity index (χ0n) is 12.0. The van der Waals surface area contributed by atoms with Crippen LogP contribution < -0.4 is 9.47 Å². The number of carbonyl (C=O) groups excluding carboxylic acids is 1. The summed E-state index contributed by atoms with van der Waals surface area (Å²) in [6.45, 7) is 5.62. The minimum atomic E-state index is -0.441. The summed E-state index contributed by atoms with van der Waals surface area (Å²) >= 11 is 0. The fraction of sp³-hybridized carbons (Fsp3) is 0.333. The lowest BCUT2D eigenvalue weighted by Crippen LogP contribution is -2.06. The Morgan fingerprint density at radius 1 is 1.30 bits per heavy atom. The maximum atomic E-state index is 11.5. The Bertz CT molecular complexity index is 588. The molecule has 5 heteroatoms. The minimum Gasteiger partial charge on any atom is -0.493 e. The van der Waals surface area contributed by atoms with Gasteiger partial charge in [0, 0.05) is 0 Å². The molecular formula is C15H17NO4. The normalized spacial score (nSPS) is 16.4. The molecule has 0 N–H and O–H groups in total. The van der Waals surface area contributed by atoms with Gasteiger partial charge in [0.25, 0.3) is 0 Å². The summed E-state index contributed by atoms with van der Waals surface area (Å²) < 4.78 is 10.9. The van der Waals surface area contributed by atoms with E-state index in [2.05, 4.69) is 9.99 Å². The Morgan fingerprint density at radius 2 is 2.05 bits per heavy atom. The van der Waals surface area contributed by atoms with Crippen molar-refractivity contribution >= 4 is 17.8 Å². The molecule has 0 aromatic heterocycles. The van der Waals surface area contributed by atoms with Crippen LogP contribution in [0.15, 0.2) is 28.9 Å². The van der Waals surface area contributed by atoms with Gasteiger partial charge in [-0.25, -0.2) is 4.79 Å². The molecule has 20 heavy (non-hydrogen) atoms. The lowest BCUT2D eigenvalue weighted by atomic mass is 10.1. The summed E-state index contributed by atoms with van der Waals surface area (Å²) in [5.41, 5.74) is 1.84. The molecule has 0 aliphatic carbocycles. The third kappa shape index (κ3) is 2.99. The van der Waals surface area contributed by atoms with Gasteiger partial charge in [-0.05, 0) is 44.5 Å². The number of carbonyl (C=O) groups is 1. The van der Waals surface area contributed by atoms with Crippen molar-refractivity contribution in [1.82, 2.24) is 0 Å². The van der Waals surface area contributed by atoms with E-state index in [1.165, 1.54) is 0 Å². The second-order valence-corrected chi connectivity index (χ2v) is 4.69. The molecule has 0 unspecified atom stereocenters. The number of hydrogen-bond donors (Lipinski definition) is 0. The van der Waals surface area contributed by atoms with Crippen molar-refractivity contribution in [2.45, 2.75) is 26.9 Å². The number of methoxy groups -OCH3 is 1. The van der Waals surface area contributed by atoms with Gasteiger partial charge in [0.2, 0.25) is 0 Å². The SMILES string of the molecule is COc1cc(/C=C2\C(=O)ON=C2C)ccc1OC(C)C. The predicted octanol–water partition coefficient (Wildman–Crippen LogP) is 2.80.